The summed E-state index contributed by atoms with van der Waals surface area (Å²) in [5, 5.41) is 13.6. The first-order valence-corrected chi connectivity index (χ1v) is 4.95. The first-order valence-electron chi connectivity index (χ1n) is 4.95. The molecule has 2 heterocycles. The molecule has 2 aromatic rings. The van der Waals surface area contributed by atoms with E-state index in [0.717, 1.165) is 6.20 Å². The second-order valence-corrected chi connectivity index (χ2v) is 3.26. The maximum atomic E-state index is 10.8. The zero-order valence-electron chi connectivity index (χ0n) is 9.16. The lowest BCUT2D eigenvalue weighted by Crippen LogP contribution is -2.13. The molecule has 4 N–H and O–H groups in total. The Bertz CT molecular complexity index is 541. The lowest BCUT2D eigenvalue weighted by molar-refractivity contribution is -0.384. The molecule has 94 valence electrons. The third-order valence-electron chi connectivity index (χ3n) is 2.11. The maximum absolute atomic E-state index is 10.8. The van der Waals surface area contributed by atoms with Crippen molar-refractivity contribution in [2.24, 2.45) is 5.84 Å². The van der Waals surface area contributed by atoms with Crippen LogP contribution in [0.2, 0.25) is 0 Å². The molecule has 9 heteroatoms. The fourth-order valence-corrected chi connectivity index (χ4v) is 1.29. The molecule has 0 unspecified atom stereocenters. The summed E-state index contributed by atoms with van der Waals surface area (Å²) < 4.78 is 5.10. The van der Waals surface area contributed by atoms with Crippen molar-refractivity contribution in [2.75, 3.05) is 10.7 Å². The van der Waals surface area contributed by atoms with E-state index in [2.05, 4.69) is 20.7 Å². The molecule has 0 aromatic carbocycles. The van der Waals surface area contributed by atoms with E-state index in [1.165, 1.54) is 6.26 Å². The molecular weight excluding hydrogens is 240 g/mol. The van der Waals surface area contributed by atoms with Gasteiger partial charge in [0.2, 0.25) is 11.8 Å². The van der Waals surface area contributed by atoms with Crippen molar-refractivity contribution in [3.63, 3.8) is 0 Å². The smallest absolute Gasteiger partial charge is 0.329 e. The Morgan fingerprint density at radius 1 is 1.56 bits per heavy atom. The molecule has 0 spiro atoms. The molecular formula is C9H10N6O3. The molecule has 0 bridgehead atoms. The largest absolute Gasteiger partial charge is 0.467 e. The second kappa shape index (κ2) is 5.10. The summed E-state index contributed by atoms with van der Waals surface area (Å²) >= 11 is 0. The van der Waals surface area contributed by atoms with Crippen LogP contribution in [0.5, 0.6) is 0 Å². The van der Waals surface area contributed by atoms with E-state index in [9.17, 15) is 10.1 Å². The molecule has 0 saturated heterocycles. The van der Waals surface area contributed by atoms with Gasteiger partial charge in [-0.3, -0.25) is 15.5 Å². The van der Waals surface area contributed by atoms with Crippen LogP contribution in [0, 0.1) is 10.1 Å². The van der Waals surface area contributed by atoms with Gasteiger partial charge in [-0.2, -0.15) is 4.98 Å². The number of anilines is 2. The number of nitrogen functional groups attached to an aromatic ring is 1. The number of aromatic nitrogens is 2. The number of hydrogen-bond donors (Lipinski definition) is 3. The lowest BCUT2D eigenvalue weighted by Gasteiger charge is -2.05. The average Bonchev–Trinajstić information content (AvgIpc) is 2.88. The first-order chi connectivity index (χ1) is 8.70. The third kappa shape index (κ3) is 2.52. The Hall–Kier alpha value is -2.68. The fraction of sp³-hybridized carbons (Fsp3) is 0.111. The van der Waals surface area contributed by atoms with Crippen molar-refractivity contribution >= 4 is 17.5 Å². The van der Waals surface area contributed by atoms with Crippen LogP contribution in [0.25, 0.3) is 0 Å². The Kier molecular flexibility index (Phi) is 3.34. The number of nitro groups is 1. The predicted molar refractivity (Wildman–Crippen MR) is 62.5 cm³/mol. The van der Waals surface area contributed by atoms with Crippen molar-refractivity contribution in [1.82, 2.24) is 9.97 Å². The highest BCUT2D eigenvalue weighted by molar-refractivity contribution is 5.56. The quantitative estimate of drug-likeness (QED) is 0.404. The van der Waals surface area contributed by atoms with Crippen molar-refractivity contribution < 1.29 is 9.34 Å². The highest BCUT2D eigenvalue weighted by Gasteiger charge is 2.17. The zero-order valence-corrected chi connectivity index (χ0v) is 9.16. The number of hydrazine groups is 1. The Balaban J connectivity index is 2.20. The summed E-state index contributed by atoms with van der Waals surface area (Å²) in [7, 11) is 0. The number of furan rings is 1. The molecule has 0 amide bonds. The second-order valence-electron chi connectivity index (χ2n) is 3.26. The molecule has 0 atom stereocenters. The van der Waals surface area contributed by atoms with E-state index >= 15 is 0 Å². The molecule has 2 aromatic heterocycles. The van der Waals surface area contributed by atoms with Crippen LogP contribution in [0.3, 0.4) is 0 Å². The summed E-state index contributed by atoms with van der Waals surface area (Å²) in [4.78, 5) is 17.8. The van der Waals surface area contributed by atoms with E-state index in [4.69, 9.17) is 10.3 Å². The number of rotatable bonds is 5. The minimum atomic E-state index is -0.579. The monoisotopic (exact) mass is 250 g/mol. The standard InChI is InChI=1S/C9H10N6O3/c10-14-9-12-5-7(15(16)17)8(13-9)11-4-6-2-1-3-18-6/h1-3,5H,4,10H2,(H2,11,12,13,14). The Morgan fingerprint density at radius 2 is 2.39 bits per heavy atom. The number of nitrogens with one attached hydrogen (secondary N) is 2. The van der Waals surface area contributed by atoms with Crippen LogP contribution >= 0.6 is 0 Å². The predicted octanol–water partition coefficient (Wildman–Crippen LogP) is 0.875. The SMILES string of the molecule is NNc1ncc([N+](=O)[O-])c(NCc2ccco2)n1. The molecule has 2 rings (SSSR count). The van der Waals surface area contributed by atoms with Crippen molar-refractivity contribution in [2.45, 2.75) is 6.54 Å². The van der Waals surface area contributed by atoms with Crippen LogP contribution < -0.4 is 16.6 Å². The summed E-state index contributed by atoms with van der Waals surface area (Å²) in [5.41, 5.74) is 1.98. The topological polar surface area (TPSA) is 132 Å². The van der Waals surface area contributed by atoms with Crippen LogP contribution in [0.15, 0.2) is 29.0 Å². The third-order valence-corrected chi connectivity index (χ3v) is 2.11. The summed E-state index contributed by atoms with van der Waals surface area (Å²) in [6, 6.07) is 3.46. The molecule has 0 aliphatic carbocycles. The van der Waals surface area contributed by atoms with Gasteiger partial charge in [-0.1, -0.05) is 0 Å². The van der Waals surface area contributed by atoms with E-state index in [-0.39, 0.29) is 24.0 Å². The highest BCUT2D eigenvalue weighted by Crippen LogP contribution is 2.22. The number of nitrogens with two attached hydrogens (primary N) is 1. The minimum absolute atomic E-state index is 0.0688. The van der Waals surface area contributed by atoms with E-state index < -0.39 is 4.92 Å². The highest BCUT2D eigenvalue weighted by atomic mass is 16.6. The van der Waals surface area contributed by atoms with Gasteiger partial charge in [0.15, 0.2) is 0 Å². The van der Waals surface area contributed by atoms with Gasteiger partial charge in [0.05, 0.1) is 17.7 Å². The fourth-order valence-electron chi connectivity index (χ4n) is 1.29. The van der Waals surface area contributed by atoms with Gasteiger partial charge in [-0.15, -0.1) is 0 Å². The number of hydrogen-bond acceptors (Lipinski definition) is 8. The zero-order chi connectivity index (χ0) is 13.0. The molecule has 0 saturated carbocycles. The van der Waals surface area contributed by atoms with Gasteiger partial charge < -0.3 is 9.73 Å². The Labute approximate surface area is 101 Å². The lowest BCUT2D eigenvalue weighted by atomic mass is 10.4. The van der Waals surface area contributed by atoms with Crippen LogP contribution in [0.4, 0.5) is 17.5 Å². The normalized spacial score (nSPS) is 10.1. The van der Waals surface area contributed by atoms with Crippen LogP contribution in [-0.2, 0) is 6.54 Å². The van der Waals surface area contributed by atoms with Gasteiger partial charge in [0, 0.05) is 0 Å². The maximum Gasteiger partial charge on any atom is 0.329 e. The van der Waals surface area contributed by atoms with Crippen molar-refractivity contribution in [3.05, 3.63) is 40.5 Å². The summed E-state index contributed by atoms with van der Waals surface area (Å²) in [6.45, 7) is 0.273. The van der Waals surface area contributed by atoms with Gasteiger partial charge in [-0.25, -0.2) is 10.8 Å². The molecule has 9 nitrogen and oxygen atoms in total. The summed E-state index contributed by atoms with van der Waals surface area (Å²) in [5.74, 6) is 5.93. The van der Waals surface area contributed by atoms with Gasteiger partial charge in [0.1, 0.15) is 12.0 Å². The molecule has 18 heavy (non-hydrogen) atoms. The molecule has 0 fully saturated rings. The van der Waals surface area contributed by atoms with Crippen molar-refractivity contribution in [3.8, 4) is 0 Å². The van der Waals surface area contributed by atoms with E-state index in [0.29, 0.717) is 5.76 Å². The number of nitrogens with zero attached hydrogens (tertiary/aromatic N) is 3. The van der Waals surface area contributed by atoms with Crippen LogP contribution in [-0.4, -0.2) is 14.9 Å². The van der Waals surface area contributed by atoms with Crippen molar-refractivity contribution in [1.29, 1.82) is 0 Å². The average molecular weight is 250 g/mol. The first kappa shape index (κ1) is 11.8. The molecule has 0 radical (unpaired) electrons. The molecule has 0 aliphatic rings. The van der Waals surface area contributed by atoms with E-state index in [1.807, 2.05) is 0 Å². The van der Waals surface area contributed by atoms with Crippen LogP contribution in [0.1, 0.15) is 5.76 Å². The van der Waals surface area contributed by atoms with E-state index in [1.54, 1.807) is 12.1 Å². The van der Waals surface area contributed by atoms with Gasteiger partial charge in [0.25, 0.3) is 0 Å². The van der Waals surface area contributed by atoms with Gasteiger partial charge >= 0.3 is 5.69 Å². The Morgan fingerprint density at radius 3 is 3.00 bits per heavy atom. The van der Waals surface area contributed by atoms with Gasteiger partial charge in [-0.05, 0) is 12.1 Å². The minimum Gasteiger partial charge on any atom is -0.467 e. The summed E-state index contributed by atoms with van der Waals surface area (Å²) in [6.07, 6.45) is 2.59. The molecule has 0 aliphatic heterocycles.